The summed E-state index contributed by atoms with van der Waals surface area (Å²) < 4.78 is 18.4. The van der Waals surface area contributed by atoms with Gasteiger partial charge in [-0.05, 0) is 42.2 Å². The van der Waals surface area contributed by atoms with Crippen LogP contribution >= 0.6 is 0 Å². The molecule has 6 nitrogen and oxygen atoms in total. The highest BCUT2D eigenvalue weighted by molar-refractivity contribution is 5.93. The SMILES string of the molecule is CCNC(=O)c1cc(-c2cc(-c3ccccc3C)c(OCc3ccccc3)cc2OCc2ccccc2)on1. The maximum absolute atomic E-state index is 12.4. The van der Waals surface area contributed by atoms with Crippen LogP contribution in [0.1, 0.15) is 34.1 Å². The Hall–Kier alpha value is -4.84. The van der Waals surface area contributed by atoms with Crippen molar-refractivity contribution >= 4 is 5.91 Å². The highest BCUT2D eigenvalue weighted by Crippen LogP contribution is 2.42. The van der Waals surface area contributed by atoms with Gasteiger partial charge in [-0.3, -0.25) is 4.79 Å². The quantitative estimate of drug-likeness (QED) is 0.211. The summed E-state index contributed by atoms with van der Waals surface area (Å²) in [6.07, 6.45) is 0. The maximum atomic E-state index is 12.4. The van der Waals surface area contributed by atoms with Gasteiger partial charge in [0.2, 0.25) is 0 Å². The highest BCUT2D eigenvalue weighted by Gasteiger charge is 2.21. The number of hydrogen-bond donors (Lipinski definition) is 1. The first-order chi connectivity index (χ1) is 19.1. The number of carbonyl (C=O) groups is 1. The standard InChI is InChI=1S/C33H30N2O4/c1-3-34-33(36)29-19-32(39-35-29)28-18-27(26-17-11-10-12-23(26)2)30(37-21-24-13-6-4-7-14-24)20-31(28)38-22-25-15-8-5-9-16-25/h4-20H,3,21-22H2,1-2H3,(H,34,36). The second-order valence-electron chi connectivity index (χ2n) is 9.14. The third kappa shape index (κ3) is 6.18. The van der Waals surface area contributed by atoms with Gasteiger partial charge in [-0.1, -0.05) is 90.1 Å². The van der Waals surface area contributed by atoms with Gasteiger partial charge in [0.05, 0.1) is 5.56 Å². The van der Waals surface area contributed by atoms with Gasteiger partial charge >= 0.3 is 0 Å². The van der Waals surface area contributed by atoms with Crippen LogP contribution in [0.15, 0.2) is 108 Å². The molecular formula is C33H30N2O4. The van der Waals surface area contributed by atoms with Crippen molar-refractivity contribution in [3.63, 3.8) is 0 Å². The molecule has 0 radical (unpaired) electrons. The monoisotopic (exact) mass is 518 g/mol. The summed E-state index contributed by atoms with van der Waals surface area (Å²) in [6.45, 7) is 5.18. The van der Waals surface area contributed by atoms with Crippen molar-refractivity contribution in [3.05, 3.63) is 126 Å². The number of ether oxygens (including phenoxy) is 2. The molecule has 4 aromatic carbocycles. The first kappa shape index (κ1) is 25.8. The van der Waals surface area contributed by atoms with Gasteiger partial charge in [0, 0.05) is 24.2 Å². The molecule has 1 N–H and O–H groups in total. The van der Waals surface area contributed by atoms with E-state index in [9.17, 15) is 4.79 Å². The fourth-order valence-electron chi connectivity index (χ4n) is 4.31. The summed E-state index contributed by atoms with van der Waals surface area (Å²) in [4.78, 5) is 12.4. The van der Waals surface area contributed by atoms with E-state index in [2.05, 4.69) is 29.5 Å². The Kier molecular flexibility index (Phi) is 8.03. The van der Waals surface area contributed by atoms with E-state index in [1.807, 2.05) is 91.9 Å². The summed E-state index contributed by atoms with van der Waals surface area (Å²) in [5.74, 6) is 1.39. The fraction of sp³-hybridized carbons (Fsp3) is 0.152. The second kappa shape index (κ2) is 12.1. The molecule has 0 aliphatic carbocycles. The summed E-state index contributed by atoms with van der Waals surface area (Å²) in [5.41, 5.74) is 6.00. The lowest BCUT2D eigenvalue weighted by Crippen LogP contribution is -2.22. The van der Waals surface area contributed by atoms with Crippen LogP contribution in [-0.4, -0.2) is 17.6 Å². The zero-order valence-corrected chi connectivity index (χ0v) is 22.0. The van der Waals surface area contributed by atoms with Crippen molar-refractivity contribution in [2.75, 3.05) is 6.54 Å². The van der Waals surface area contributed by atoms with Gasteiger partial charge in [-0.25, -0.2) is 0 Å². The number of nitrogens with one attached hydrogen (secondary N) is 1. The normalized spacial score (nSPS) is 10.7. The van der Waals surface area contributed by atoms with Crippen molar-refractivity contribution in [1.82, 2.24) is 10.5 Å². The van der Waals surface area contributed by atoms with Crippen LogP contribution in [0.2, 0.25) is 0 Å². The van der Waals surface area contributed by atoms with Gasteiger partial charge in [0.15, 0.2) is 11.5 Å². The van der Waals surface area contributed by atoms with Crippen LogP contribution in [0, 0.1) is 6.92 Å². The van der Waals surface area contributed by atoms with E-state index >= 15 is 0 Å². The van der Waals surface area contributed by atoms with Gasteiger partial charge in [-0.15, -0.1) is 0 Å². The van der Waals surface area contributed by atoms with Crippen molar-refractivity contribution in [1.29, 1.82) is 0 Å². The largest absolute Gasteiger partial charge is 0.488 e. The van der Waals surface area contributed by atoms with Crippen LogP contribution in [-0.2, 0) is 13.2 Å². The minimum absolute atomic E-state index is 0.211. The molecule has 0 unspecified atom stereocenters. The van der Waals surface area contributed by atoms with E-state index in [-0.39, 0.29) is 11.6 Å². The molecule has 0 saturated heterocycles. The summed E-state index contributed by atoms with van der Waals surface area (Å²) in [6, 6.07) is 33.7. The Bertz CT molecular complexity index is 1550. The molecule has 5 aromatic rings. The first-order valence-electron chi connectivity index (χ1n) is 12.9. The maximum Gasteiger partial charge on any atom is 0.273 e. The molecule has 0 aliphatic heterocycles. The van der Waals surface area contributed by atoms with Crippen molar-refractivity contribution in [3.8, 4) is 33.9 Å². The van der Waals surface area contributed by atoms with E-state index in [0.717, 1.165) is 27.8 Å². The first-order valence-corrected chi connectivity index (χ1v) is 12.9. The fourth-order valence-corrected chi connectivity index (χ4v) is 4.31. The van der Waals surface area contributed by atoms with Crippen LogP contribution in [0.4, 0.5) is 0 Å². The van der Waals surface area contributed by atoms with Crippen molar-refractivity contribution in [2.24, 2.45) is 0 Å². The Morgan fingerprint density at radius 1 is 0.744 bits per heavy atom. The molecule has 1 aromatic heterocycles. The van der Waals surface area contributed by atoms with Crippen molar-refractivity contribution in [2.45, 2.75) is 27.1 Å². The van der Waals surface area contributed by atoms with Gasteiger partial charge in [0.25, 0.3) is 5.91 Å². The lowest BCUT2D eigenvalue weighted by atomic mass is 9.96. The minimum Gasteiger partial charge on any atom is -0.488 e. The van der Waals surface area contributed by atoms with Crippen LogP contribution in [0.5, 0.6) is 11.5 Å². The molecule has 6 heteroatoms. The molecule has 0 spiro atoms. The minimum atomic E-state index is -0.291. The Balaban J connectivity index is 1.60. The molecule has 0 fully saturated rings. The average molecular weight is 519 g/mol. The molecular weight excluding hydrogens is 488 g/mol. The predicted octanol–water partition coefficient (Wildman–Crippen LogP) is 7.22. The van der Waals surface area contributed by atoms with Gasteiger partial charge in [-0.2, -0.15) is 0 Å². The lowest BCUT2D eigenvalue weighted by Gasteiger charge is -2.18. The van der Waals surface area contributed by atoms with E-state index in [0.29, 0.717) is 42.6 Å². The summed E-state index contributed by atoms with van der Waals surface area (Å²) in [7, 11) is 0. The van der Waals surface area contributed by atoms with E-state index in [1.54, 1.807) is 6.07 Å². The summed E-state index contributed by atoms with van der Waals surface area (Å²) in [5, 5.41) is 6.78. The zero-order valence-electron chi connectivity index (χ0n) is 22.0. The molecule has 0 saturated carbocycles. The van der Waals surface area contributed by atoms with Crippen LogP contribution in [0.25, 0.3) is 22.5 Å². The average Bonchev–Trinajstić information content (AvgIpc) is 3.47. The second-order valence-corrected chi connectivity index (χ2v) is 9.14. The number of carbonyl (C=O) groups excluding carboxylic acids is 1. The lowest BCUT2D eigenvalue weighted by molar-refractivity contribution is 0.0947. The van der Waals surface area contributed by atoms with Crippen LogP contribution in [0.3, 0.4) is 0 Å². The highest BCUT2D eigenvalue weighted by atomic mass is 16.5. The Labute approximate surface area is 228 Å². The van der Waals surface area contributed by atoms with Gasteiger partial charge in [0.1, 0.15) is 24.7 Å². The molecule has 5 rings (SSSR count). The molecule has 1 heterocycles. The molecule has 0 aliphatic rings. The third-order valence-corrected chi connectivity index (χ3v) is 6.34. The summed E-state index contributed by atoms with van der Waals surface area (Å²) >= 11 is 0. The van der Waals surface area contributed by atoms with Gasteiger partial charge < -0.3 is 19.3 Å². The van der Waals surface area contributed by atoms with E-state index < -0.39 is 0 Å². The number of benzene rings is 4. The number of amides is 1. The number of rotatable bonds is 10. The number of aryl methyl sites for hydroxylation is 1. The predicted molar refractivity (Wildman–Crippen MR) is 152 cm³/mol. The molecule has 39 heavy (non-hydrogen) atoms. The van der Waals surface area contributed by atoms with E-state index in [4.69, 9.17) is 14.0 Å². The van der Waals surface area contributed by atoms with Crippen molar-refractivity contribution < 1.29 is 18.8 Å². The Morgan fingerprint density at radius 3 is 1.95 bits per heavy atom. The van der Waals surface area contributed by atoms with E-state index in [1.165, 1.54) is 0 Å². The molecule has 196 valence electrons. The smallest absolute Gasteiger partial charge is 0.273 e. The molecule has 0 atom stereocenters. The number of aromatic nitrogens is 1. The number of nitrogens with zero attached hydrogens (tertiary/aromatic N) is 1. The third-order valence-electron chi connectivity index (χ3n) is 6.34. The van der Waals surface area contributed by atoms with Crippen LogP contribution < -0.4 is 14.8 Å². The Morgan fingerprint density at radius 2 is 1.33 bits per heavy atom. The molecule has 1 amide bonds. The topological polar surface area (TPSA) is 73.6 Å². The molecule has 0 bridgehead atoms. The zero-order chi connectivity index (χ0) is 27.0. The number of hydrogen-bond acceptors (Lipinski definition) is 5.